The number of aromatic nitrogens is 3. The zero-order valence-electron chi connectivity index (χ0n) is 14.3. The van der Waals surface area contributed by atoms with Crippen LogP contribution in [0.4, 0.5) is 21.8 Å². The van der Waals surface area contributed by atoms with Gasteiger partial charge in [-0.2, -0.15) is 0 Å². The van der Waals surface area contributed by atoms with Crippen molar-refractivity contribution in [2.45, 2.75) is 6.54 Å². The minimum absolute atomic E-state index is 0.289. The molecule has 0 aliphatic rings. The third kappa shape index (κ3) is 3.21. The Morgan fingerprint density at radius 2 is 1.88 bits per heavy atom. The summed E-state index contributed by atoms with van der Waals surface area (Å²) in [5.74, 6) is 1.12. The Kier molecular flexibility index (Phi) is 4.23. The van der Waals surface area contributed by atoms with Crippen molar-refractivity contribution in [1.82, 2.24) is 14.5 Å². The van der Waals surface area contributed by atoms with E-state index in [9.17, 15) is 4.39 Å². The molecule has 0 amide bonds. The lowest BCUT2D eigenvalue weighted by Gasteiger charge is -2.10. The Morgan fingerprint density at radius 1 is 1.04 bits per heavy atom. The normalized spacial score (nSPS) is 10.8. The zero-order chi connectivity index (χ0) is 17.9. The third-order valence-corrected chi connectivity index (χ3v) is 4.14. The Bertz CT molecular complexity index is 1040. The Balaban J connectivity index is 1.73. The van der Waals surface area contributed by atoms with Crippen molar-refractivity contribution in [3.05, 3.63) is 78.2 Å². The van der Waals surface area contributed by atoms with Crippen molar-refractivity contribution in [3.8, 4) is 0 Å². The van der Waals surface area contributed by atoms with Crippen molar-refractivity contribution >= 4 is 28.5 Å². The van der Waals surface area contributed by atoms with E-state index in [0.717, 1.165) is 17.0 Å². The van der Waals surface area contributed by atoms with E-state index in [0.29, 0.717) is 18.1 Å². The van der Waals surface area contributed by atoms with Gasteiger partial charge in [-0.05, 0) is 23.8 Å². The van der Waals surface area contributed by atoms with Crippen LogP contribution < -0.4 is 10.6 Å². The van der Waals surface area contributed by atoms with Crippen LogP contribution >= 0.6 is 0 Å². The van der Waals surface area contributed by atoms with Crippen molar-refractivity contribution in [1.29, 1.82) is 0 Å². The predicted molar refractivity (Wildman–Crippen MR) is 102 cm³/mol. The summed E-state index contributed by atoms with van der Waals surface area (Å²) >= 11 is 0. The SMILES string of the molecule is CNc1nc2cnc(Nc3cccc(F)c3)cc2n1Cc1ccccc1. The number of rotatable bonds is 5. The molecule has 0 atom stereocenters. The van der Waals surface area contributed by atoms with E-state index >= 15 is 0 Å². The summed E-state index contributed by atoms with van der Waals surface area (Å²) < 4.78 is 15.5. The Labute approximate surface area is 150 Å². The van der Waals surface area contributed by atoms with Gasteiger partial charge in [-0.25, -0.2) is 14.4 Å². The maximum atomic E-state index is 13.4. The van der Waals surface area contributed by atoms with Gasteiger partial charge in [-0.15, -0.1) is 0 Å². The van der Waals surface area contributed by atoms with E-state index in [1.54, 1.807) is 18.3 Å². The lowest BCUT2D eigenvalue weighted by atomic mass is 10.2. The van der Waals surface area contributed by atoms with Gasteiger partial charge in [0.2, 0.25) is 5.95 Å². The van der Waals surface area contributed by atoms with E-state index in [-0.39, 0.29) is 5.82 Å². The molecule has 130 valence electrons. The fraction of sp³-hybridized carbons (Fsp3) is 0.100. The summed E-state index contributed by atoms with van der Waals surface area (Å²) in [4.78, 5) is 8.98. The van der Waals surface area contributed by atoms with Gasteiger partial charge in [0.1, 0.15) is 17.2 Å². The topological polar surface area (TPSA) is 54.8 Å². The molecule has 26 heavy (non-hydrogen) atoms. The van der Waals surface area contributed by atoms with E-state index in [2.05, 4.69) is 37.3 Å². The van der Waals surface area contributed by atoms with Gasteiger partial charge < -0.3 is 15.2 Å². The first kappa shape index (κ1) is 16.1. The van der Waals surface area contributed by atoms with Crippen LogP contribution in [0.5, 0.6) is 0 Å². The number of pyridine rings is 1. The maximum absolute atomic E-state index is 13.4. The minimum atomic E-state index is -0.289. The van der Waals surface area contributed by atoms with Gasteiger partial charge in [0, 0.05) is 18.8 Å². The van der Waals surface area contributed by atoms with E-state index in [1.165, 1.54) is 17.7 Å². The van der Waals surface area contributed by atoms with Crippen LogP contribution in [-0.2, 0) is 6.54 Å². The van der Waals surface area contributed by atoms with Crippen molar-refractivity contribution in [2.75, 3.05) is 17.7 Å². The lowest BCUT2D eigenvalue weighted by Crippen LogP contribution is -2.05. The molecular weight excluding hydrogens is 329 g/mol. The second-order valence-corrected chi connectivity index (χ2v) is 5.95. The maximum Gasteiger partial charge on any atom is 0.203 e. The van der Waals surface area contributed by atoms with Crippen molar-refractivity contribution in [3.63, 3.8) is 0 Å². The number of hydrogen-bond acceptors (Lipinski definition) is 4. The number of fused-ring (bicyclic) bond motifs is 1. The smallest absolute Gasteiger partial charge is 0.203 e. The summed E-state index contributed by atoms with van der Waals surface area (Å²) in [6.45, 7) is 0.691. The van der Waals surface area contributed by atoms with Gasteiger partial charge in [0.05, 0.1) is 18.3 Å². The first-order valence-electron chi connectivity index (χ1n) is 8.33. The number of halogens is 1. The largest absolute Gasteiger partial charge is 0.359 e. The van der Waals surface area contributed by atoms with Crippen molar-refractivity contribution in [2.24, 2.45) is 0 Å². The molecule has 6 heteroatoms. The molecule has 0 fully saturated rings. The summed E-state index contributed by atoms with van der Waals surface area (Å²) in [7, 11) is 1.85. The molecule has 0 aliphatic heterocycles. The molecule has 2 N–H and O–H groups in total. The third-order valence-electron chi connectivity index (χ3n) is 4.14. The highest BCUT2D eigenvalue weighted by atomic mass is 19.1. The molecule has 0 saturated heterocycles. The van der Waals surface area contributed by atoms with E-state index in [4.69, 9.17) is 0 Å². The summed E-state index contributed by atoms with van der Waals surface area (Å²) in [6, 6.07) is 18.4. The van der Waals surface area contributed by atoms with E-state index < -0.39 is 0 Å². The molecule has 0 radical (unpaired) electrons. The first-order valence-corrected chi connectivity index (χ1v) is 8.33. The van der Waals surface area contributed by atoms with Crippen LogP contribution in [0.25, 0.3) is 11.0 Å². The van der Waals surface area contributed by atoms with Gasteiger partial charge in [-0.1, -0.05) is 36.4 Å². The fourth-order valence-corrected chi connectivity index (χ4v) is 2.93. The first-order chi connectivity index (χ1) is 12.7. The molecule has 0 saturated carbocycles. The average molecular weight is 347 g/mol. The van der Waals surface area contributed by atoms with Gasteiger partial charge in [0.15, 0.2) is 0 Å². The second-order valence-electron chi connectivity index (χ2n) is 5.95. The summed E-state index contributed by atoms with van der Waals surface area (Å²) in [6.07, 6.45) is 1.72. The Morgan fingerprint density at radius 3 is 2.65 bits per heavy atom. The monoisotopic (exact) mass is 347 g/mol. The van der Waals surface area contributed by atoms with Gasteiger partial charge in [-0.3, -0.25) is 0 Å². The molecule has 4 aromatic rings. The van der Waals surface area contributed by atoms with Gasteiger partial charge >= 0.3 is 0 Å². The van der Waals surface area contributed by atoms with Crippen LogP contribution in [0.1, 0.15) is 5.56 Å². The summed E-state index contributed by atoms with van der Waals surface area (Å²) in [5, 5.41) is 6.28. The quantitative estimate of drug-likeness (QED) is 0.562. The van der Waals surface area contributed by atoms with Crippen molar-refractivity contribution < 1.29 is 4.39 Å². The summed E-state index contributed by atoms with van der Waals surface area (Å²) in [5.41, 5.74) is 3.58. The molecule has 4 rings (SSSR count). The number of nitrogens with one attached hydrogen (secondary N) is 2. The standard InChI is InChI=1S/C20H18FN5/c1-22-20-25-17-12-23-19(24-16-9-5-8-15(21)10-16)11-18(17)26(20)13-14-6-3-2-4-7-14/h2-12H,13H2,1H3,(H,22,25)(H,23,24). The Hall–Kier alpha value is -3.41. The van der Waals surface area contributed by atoms with Gasteiger partial charge in [0.25, 0.3) is 0 Å². The molecule has 0 bridgehead atoms. The molecule has 0 unspecified atom stereocenters. The number of hydrogen-bond donors (Lipinski definition) is 2. The highest BCUT2D eigenvalue weighted by Gasteiger charge is 2.12. The van der Waals surface area contributed by atoms with Crippen LogP contribution in [0.3, 0.4) is 0 Å². The molecular formula is C20H18FN5. The average Bonchev–Trinajstić information content (AvgIpc) is 3.00. The molecule has 0 aliphatic carbocycles. The molecule has 5 nitrogen and oxygen atoms in total. The van der Waals surface area contributed by atoms with Crippen LogP contribution in [0.2, 0.25) is 0 Å². The number of anilines is 3. The molecule has 2 heterocycles. The minimum Gasteiger partial charge on any atom is -0.359 e. The second kappa shape index (κ2) is 6.84. The molecule has 2 aromatic carbocycles. The van der Waals surface area contributed by atoms with Crippen LogP contribution in [0.15, 0.2) is 66.9 Å². The number of imidazole rings is 1. The van der Waals surface area contributed by atoms with Crippen LogP contribution in [0, 0.1) is 5.82 Å². The highest BCUT2D eigenvalue weighted by molar-refractivity contribution is 5.81. The number of nitrogens with zero attached hydrogens (tertiary/aromatic N) is 3. The fourth-order valence-electron chi connectivity index (χ4n) is 2.93. The predicted octanol–water partition coefficient (Wildman–Crippen LogP) is 4.40. The highest BCUT2D eigenvalue weighted by Crippen LogP contribution is 2.24. The lowest BCUT2D eigenvalue weighted by molar-refractivity contribution is 0.628. The zero-order valence-corrected chi connectivity index (χ0v) is 14.3. The number of benzene rings is 2. The van der Waals surface area contributed by atoms with E-state index in [1.807, 2.05) is 31.3 Å². The molecule has 2 aromatic heterocycles. The molecule has 0 spiro atoms. The van der Waals surface area contributed by atoms with Crippen LogP contribution in [-0.4, -0.2) is 21.6 Å².